The summed E-state index contributed by atoms with van der Waals surface area (Å²) in [5.74, 6) is -0.0603. The summed E-state index contributed by atoms with van der Waals surface area (Å²) in [6.45, 7) is -0.228. The average Bonchev–Trinajstić information content (AvgIpc) is 2.66. The summed E-state index contributed by atoms with van der Waals surface area (Å²) in [6, 6.07) is 11.6. The van der Waals surface area contributed by atoms with E-state index in [0.29, 0.717) is 29.6 Å². The minimum absolute atomic E-state index is 0.0650. The second-order valence-corrected chi connectivity index (χ2v) is 6.24. The van der Waals surface area contributed by atoms with Crippen molar-refractivity contribution in [1.82, 2.24) is 9.97 Å². The molecule has 5 nitrogen and oxygen atoms in total. The van der Waals surface area contributed by atoms with Gasteiger partial charge in [0.25, 0.3) is 5.56 Å². The molecule has 2 aromatic carbocycles. The Kier molecular flexibility index (Phi) is 5.77. The zero-order valence-electron chi connectivity index (χ0n) is 14.8. The highest BCUT2D eigenvalue weighted by Gasteiger charge is 2.30. The predicted molar refractivity (Wildman–Crippen MR) is 96.5 cm³/mol. The summed E-state index contributed by atoms with van der Waals surface area (Å²) in [5, 5.41) is 0.492. The van der Waals surface area contributed by atoms with E-state index in [2.05, 4.69) is 9.97 Å². The molecule has 0 spiro atoms. The van der Waals surface area contributed by atoms with E-state index in [-0.39, 0.29) is 24.2 Å². The number of rotatable bonds is 6. The molecule has 0 saturated carbocycles. The lowest BCUT2D eigenvalue weighted by Crippen LogP contribution is -2.12. The number of carbonyl (C=O) groups excluding carboxylic acids is 1. The Labute approximate surface area is 158 Å². The molecule has 0 atom stereocenters. The van der Waals surface area contributed by atoms with E-state index in [1.165, 1.54) is 12.1 Å². The highest BCUT2D eigenvalue weighted by molar-refractivity contribution is 5.77. The molecule has 1 aromatic heterocycles. The minimum atomic E-state index is -4.44. The van der Waals surface area contributed by atoms with Crippen LogP contribution in [0, 0.1) is 0 Å². The van der Waals surface area contributed by atoms with Crippen LogP contribution in [-0.2, 0) is 28.7 Å². The summed E-state index contributed by atoms with van der Waals surface area (Å²) < 4.78 is 43.1. The molecule has 0 bridgehead atoms. The summed E-state index contributed by atoms with van der Waals surface area (Å²) in [6.07, 6.45) is -3.61. The van der Waals surface area contributed by atoms with Crippen molar-refractivity contribution in [2.24, 2.45) is 0 Å². The number of hydrogen-bond acceptors (Lipinski definition) is 4. The molecule has 28 heavy (non-hydrogen) atoms. The van der Waals surface area contributed by atoms with Gasteiger partial charge in [-0.1, -0.05) is 24.3 Å². The molecule has 0 fully saturated rings. The van der Waals surface area contributed by atoms with Crippen LogP contribution < -0.4 is 5.56 Å². The van der Waals surface area contributed by atoms with Gasteiger partial charge in [-0.05, 0) is 36.2 Å². The van der Waals surface area contributed by atoms with Gasteiger partial charge in [0.05, 0.1) is 16.5 Å². The van der Waals surface area contributed by atoms with Crippen LogP contribution >= 0.6 is 0 Å². The number of fused-ring (bicyclic) bond motifs is 1. The number of ether oxygens (including phenoxy) is 1. The zero-order chi connectivity index (χ0) is 20.1. The van der Waals surface area contributed by atoms with E-state index in [0.717, 1.165) is 12.1 Å². The van der Waals surface area contributed by atoms with Crippen LogP contribution in [-0.4, -0.2) is 15.9 Å². The monoisotopic (exact) mass is 390 g/mol. The van der Waals surface area contributed by atoms with Crippen LogP contribution in [0.2, 0.25) is 0 Å². The number of benzene rings is 2. The first kappa shape index (κ1) is 19.6. The summed E-state index contributed by atoms with van der Waals surface area (Å²) in [4.78, 5) is 30.8. The molecular weight excluding hydrogens is 373 g/mol. The van der Waals surface area contributed by atoms with Gasteiger partial charge in [0.1, 0.15) is 12.4 Å². The Morgan fingerprint density at radius 3 is 2.68 bits per heavy atom. The maximum atomic E-state index is 12.7. The van der Waals surface area contributed by atoms with Gasteiger partial charge in [0.2, 0.25) is 0 Å². The lowest BCUT2D eigenvalue weighted by molar-refractivity contribution is -0.145. The van der Waals surface area contributed by atoms with Gasteiger partial charge in [-0.2, -0.15) is 13.2 Å². The van der Waals surface area contributed by atoms with Crippen LogP contribution in [0.1, 0.15) is 29.8 Å². The number of aromatic amines is 1. The van der Waals surface area contributed by atoms with Crippen molar-refractivity contribution in [3.63, 3.8) is 0 Å². The number of para-hydroxylation sites is 1. The van der Waals surface area contributed by atoms with Gasteiger partial charge in [-0.3, -0.25) is 9.59 Å². The van der Waals surface area contributed by atoms with E-state index < -0.39 is 17.7 Å². The maximum Gasteiger partial charge on any atom is 0.416 e. The fourth-order valence-electron chi connectivity index (χ4n) is 2.73. The third kappa shape index (κ3) is 4.97. The van der Waals surface area contributed by atoms with Gasteiger partial charge >= 0.3 is 12.1 Å². The predicted octanol–water partition coefficient (Wildman–Crippen LogP) is 4.01. The molecular formula is C20H17F3N2O3. The number of nitrogens with one attached hydrogen (secondary N) is 1. The van der Waals surface area contributed by atoms with Gasteiger partial charge in [-0.15, -0.1) is 0 Å². The van der Waals surface area contributed by atoms with Crippen molar-refractivity contribution in [3.8, 4) is 0 Å². The maximum absolute atomic E-state index is 12.7. The fraction of sp³-hybridized carbons (Fsp3) is 0.250. The Hall–Kier alpha value is -3.16. The first-order valence-electron chi connectivity index (χ1n) is 8.62. The number of carbonyl (C=O) groups is 1. The first-order chi connectivity index (χ1) is 13.3. The fourth-order valence-corrected chi connectivity index (χ4v) is 2.73. The molecule has 0 aliphatic carbocycles. The molecule has 1 N–H and O–H groups in total. The molecule has 0 aliphatic heterocycles. The van der Waals surface area contributed by atoms with Crippen LogP contribution in [0.25, 0.3) is 10.9 Å². The number of aryl methyl sites for hydroxylation is 1. The van der Waals surface area contributed by atoms with E-state index in [1.807, 2.05) is 0 Å². The lowest BCUT2D eigenvalue weighted by Gasteiger charge is -2.09. The molecule has 0 aliphatic rings. The quantitative estimate of drug-likeness (QED) is 0.646. The number of H-pyrrole nitrogens is 1. The summed E-state index contributed by atoms with van der Waals surface area (Å²) in [5.41, 5.74) is -0.183. The number of nitrogens with zero attached hydrogens (tertiary/aromatic N) is 1. The lowest BCUT2D eigenvalue weighted by atomic mass is 10.1. The molecule has 3 rings (SSSR count). The first-order valence-corrected chi connectivity index (χ1v) is 8.62. The van der Waals surface area contributed by atoms with Crippen LogP contribution in [0.5, 0.6) is 0 Å². The molecule has 0 radical (unpaired) electrons. The largest absolute Gasteiger partial charge is 0.461 e. The van der Waals surface area contributed by atoms with Gasteiger partial charge < -0.3 is 9.72 Å². The number of esters is 1. The highest BCUT2D eigenvalue weighted by Crippen LogP contribution is 2.29. The van der Waals surface area contributed by atoms with Crippen molar-refractivity contribution in [2.75, 3.05) is 0 Å². The number of aromatic nitrogens is 2. The van der Waals surface area contributed by atoms with Crippen LogP contribution in [0.4, 0.5) is 13.2 Å². The second kappa shape index (κ2) is 8.24. The standard InChI is InChI=1S/C20H17F3N2O3/c21-20(22,23)14-6-3-5-13(11-14)12-28-18(26)10-4-9-17-24-16-8-2-1-7-15(16)19(27)25-17/h1-3,5-8,11H,4,9-10,12H2,(H,24,25,27). The van der Waals surface area contributed by atoms with E-state index in [1.54, 1.807) is 24.3 Å². The van der Waals surface area contributed by atoms with Gasteiger partial charge in [0, 0.05) is 12.8 Å². The summed E-state index contributed by atoms with van der Waals surface area (Å²) in [7, 11) is 0. The zero-order valence-corrected chi connectivity index (χ0v) is 14.8. The van der Waals surface area contributed by atoms with E-state index in [9.17, 15) is 22.8 Å². The van der Waals surface area contributed by atoms with Gasteiger partial charge in [0.15, 0.2) is 0 Å². The third-order valence-electron chi connectivity index (χ3n) is 4.11. The van der Waals surface area contributed by atoms with Crippen molar-refractivity contribution in [1.29, 1.82) is 0 Å². The topological polar surface area (TPSA) is 72.0 Å². The van der Waals surface area contributed by atoms with Crippen molar-refractivity contribution >= 4 is 16.9 Å². The average molecular weight is 390 g/mol. The molecule has 0 unspecified atom stereocenters. The van der Waals surface area contributed by atoms with E-state index >= 15 is 0 Å². The Morgan fingerprint density at radius 1 is 1.11 bits per heavy atom. The van der Waals surface area contributed by atoms with Gasteiger partial charge in [-0.25, -0.2) is 4.98 Å². The Bertz CT molecular complexity index is 1040. The van der Waals surface area contributed by atoms with Crippen molar-refractivity contribution in [3.05, 3.63) is 75.8 Å². The second-order valence-electron chi connectivity index (χ2n) is 6.24. The van der Waals surface area contributed by atoms with E-state index in [4.69, 9.17) is 4.74 Å². The number of alkyl halides is 3. The van der Waals surface area contributed by atoms with Crippen LogP contribution in [0.15, 0.2) is 53.3 Å². The number of halogens is 3. The Morgan fingerprint density at radius 2 is 1.89 bits per heavy atom. The highest BCUT2D eigenvalue weighted by atomic mass is 19.4. The molecule has 3 aromatic rings. The van der Waals surface area contributed by atoms with Crippen molar-refractivity contribution in [2.45, 2.75) is 32.0 Å². The van der Waals surface area contributed by atoms with Crippen LogP contribution in [0.3, 0.4) is 0 Å². The number of hydrogen-bond donors (Lipinski definition) is 1. The molecule has 0 saturated heterocycles. The van der Waals surface area contributed by atoms with Crippen molar-refractivity contribution < 1.29 is 22.7 Å². The normalized spacial score (nSPS) is 11.5. The minimum Gasteiger partial charge on any atom is -0.461 e. The molecule has 146 valence electrons. The smallest absolute Gasteiger partial charge is 0.416 e. The molecule has 8 heteroatoms. The Balaban J connectivity index is 1.51. The molecule has 0 amide bonds. The summed E-state index contributed by atoms with van der Waals surface area (Å²) >= 11 is 0. The SMILES string of the molecule is O=C(CCCc1nc2ccccc2c(=O)[nH]1)OCc1cccc(C(F)(F)F)c1. The third-order valence-corrected chi connectivity index (χ3v) is 4.11. The molecule has 1 heterocycles.